The lowest BCUT2D eigenvalue weighted by atomic mass is 10.2. The Kier molecular flexibility index (Phi) is 12.9. The van der Waals surface area contributed by atoms with Crippen LogP contribution in [0.15, 0.2) is 0 Å². The molecule has 0 radical (unpaired) electrons. The van der Waals surface area contributed by atoms with Crippen molar-refractivity contribution in [3.8, 4) is 0 Å². The highest BCUT2D eigenvalue weighted by Gasteiger charge is 2.32. The predicted molar refractivity (Wildman–Crippen MR) is 128 cm³/mol. The summed E-state index contributed by atoms with van der Waals surface area (Å²) in [6.45, 7) is 7.15. The summed E-state index contributed by atoms with van der Waals surface area (Å²) in [7, 11) is 0. The first-order valence-corrected chi connectivity index (χ1v) is 12.6. The first-order valence-electron chi connectivity index (χ1n) is 12.6. The lowest BCUT2D eigenvalue weighted by molar-refractivity contribution is -0.148. The van der Waals surface area contributed by atoms with Crippen molar-refractivity contribution in [2.24, 2.45) is 0 Å². The molecule has 0 aromatic rings. The van der Waals surface area contributed by atoms with E-state index in [1.807, 2.05) is 0 Å². The van der Waals surface area contributed by atoms with Gasteiger partial charge in [-0.25, -0.2) is 14.4 Å². The van der Waals surface area contributed by atoms with Gasteiger partial charge in [0.15, 0.2) is 0 Å². The maximum atomic E-state index is 11.1. The van der Waals surface area contributed by atoms with E-state index in [-0.39, 0.29) is 17.7 Å². The van der Waals surface area contributed by atoms with Gasteiger partial charge in [-0.1, -0.05) is 20.8 Å². The summed E-state index contributed by atoms with van der Waals surface area (Å²) in [5, 5.41) is 26.3. The fourth-order valence-corrected chi connectivity index (χ4v) is 4.58. The Morgan fingerprint density at radius 2 is 0.806 bits per heavy atom. The van der Waals surface area contributed by atoms with E-state index in [2.05, 4.69) is 0 Å². The molecular formula is C24H39N3O9. The van der Waals surface area contributed by atoms with Crippen LogP contribution in [0, 0.1) is 0 Å². The highest BCUT2D eigenvalue weighted by molar-refractivity contribution is 5.86. The number of hydrogen-bond donors (Lipinski definition) is 3. The Labute approximate surface area is 211 Å². The molecule has 36 heavy (non-hydrogen) atoms. The van der Waals surface area contributed by atoms with Gasteiger partial charge in [-0.15, -0.1) is 0 Å². The van der Waals surface area contributed by atoms with Crippen molar-refractivity contribution in [3.05, 3.63) is 0 Å². The van der Waals surface area contributed by atoms with Crippen LogP contribution in [-0.2, 0) is 28.8 Å². The van der Waals surface area contributed by atoms with Crippen LogP contribution in [0.4, 0.5) is 0 Å². The van der Waals surface area contributed by atoms with Crippen LogP contribution >= 0.6 is 0 Å². The number of amides is 3. The topological polar surface area (TPSA) is 173 Å². The molecule has 3 rings (SSSR count). The van der Waals surface area contributed by atoms with Gasteiger partial charge in [0.25, 0.3) is 0 Å². The first-order chi connectivity index (χ1) is 17.0. The van der Waals surface area contributed by atoms with Crippen molar-refractivity contribution in [2.75, 3.05) is 19.6 Å². The fourth-order valence-electron chi connectivity index (χ4n) is 4.58. The van der Waals surface area contributed by atoms with E-state index in [1.54, 1.807) is 20.8 Å². The molecule has 0 bridgehead atoms. The third-order valence-electron chi connectivity index (χ3n) is 6.47. The van der Waals surface area contributed by atoms with E-state index in [1.165, 1.54) is 14.7 Å². The molecule has 0 aromatic heterocycles. The zero-order valence-electron chi connectivity index (χ0n) is 21.4. The average Bonchev–Trinajstić information content (AvgIpc) is 3.54. The van der Waals surface area contributed by atoms with Gasteiger partial charge < -0.3 is 30.0 Å². The normalized spacial score (nSPS) is 19.8. The predicted octanol–water partition coefficient (Wildman–Crippen LogP) is 1.42. The summed E-state index contributed by atoms with van der Waals surface area (Å²) in [6.07, 6.45) is 5.36. The highest BCUT2D eigenvalue weighted by atomic mass is 16.4. The van der Waals surface area contributed by atoms with E-state index in [9.17, 15) is 28.8 Å². The van der Waals surface area contributed by atoms with Crippen molar-refractivity contribution in [1.82, 2.24) is 14.7 Å². The summed E-state index contributed by atoms with van der Waals surface area (Å²) in [4.78, 5) is 69.8. The zero-order valence-corrected chi connectivity index (χ0v) is 21.4. The number of carboxylic acids is 3. The van der Waals surface area contributed by atoms with Crippen LogP contribution in [0.5, 0.6) is 0 Å². The summed E-state index contributed by atoms with van der Waals surface area (Å²) >= 11 is 0. The molecule has 12 nitrogen and oxygen atoms in total. The number of nitrogens with zero attached hydrogens (tertiary/aromatic N) is 3. The molecule has 3 saturated heterocycles. The number of likely N-dealkylation sites (tertiary alicyclic amines) is 3. The number of aliphatic carboxylic acids is 3. The molecule has 3 atom stereocenters. The molecular weight excluding hydrogens is 474 g/mol. The molecule has 0 spiro atoms. The lowest BCUT2D eigenvalue weighted by Crippen LogP contribution is -2.41. The van der Waals surface area contributed by atoms with Gasteiger partial charge in [-0.3, -0.25) is 14.4 Å². The van der Waals surface area contributed by atoms with Crippen LogP contribution in [0.3, 0.4) is 0 Å². The second kappa shape index (κ2) is 15.0. The molecule has 0 aliphatic carbocycles. The fraction of sp³-hybridized carbons (Fsp3) is 0.750. The number of rotatable bonds is 9. The third kappa shape index (κ3) is 8.49. The minimum atomic E-state index is -0.896. The minimum absolute atomic E-state index is 0.0238. The molecule has 12 heteroatoms. The van der Waals surface area contributed by atoms with Crippen molar-refractivity contribution >= 4 is 35.6 Å². The average molecular weight is 514 g/mol. The van der Waals surface area contributed by atoms with Gasteiger partial charge >= 0.3 is 17.9 Å². The second-order valence-corrected chi connectivity index (χ2v) is 8.86. The van der Waals surface area contributed by atoms with E-state index in [0.717, 1.165) is 19.3 Å². The maximum Gasteiger partial charge on any atom is 0.326 e. The molecule has 0 aromatic carbocycles. The highest BCUT2D eigenvalue weighted by Crippen LogP contribution is 2.17. The third-order valence-corrected chi connectivity index (χ3v) is 6.47. The number of hydrogen-bond acceptors (Lipinski definition) is 6. The maximum absolute atomic E-state index is 11.1. The monoisotopic (exact) mass is 513 g/mol. The Morgan fingerprint density at radius 1 is 0.583 bits per heavy atom. The Balaban J connectivity index is 0.000000270. The molecule has 3 aliphatic heterocycles. The smallest absolute Gasteiger partial charge is 0.326 e. The van der Waals surface area contributed by atoms with E-state index in [0.29, 0.717) is 58.2 Å². The Morgan fingerprint density at radius 3 is 0.917 bits per heavy atom. The van der Waals surface area contributed by atoms with Gasteiger partial charge in [-0.05, 0) is 38.5 Å². The quantitative estimate of drug-likeness (QED) is 0.412. The van der Waals surface area contributed by atoms with Gasteiger partial charge in [0.1, 0.15) is 18.1 Å². The Hall–Kier alpha value is -3.18. The Bertz CT molecular complexity index is 712. The summed E-state index contributed by atoms with van der Waals surface area (Å²) in [5.74, 6) is -2.76. The molecule has 3 heterocycles. The van der Waals surface area contributed by atoms with Crippen molar-refractivity contribution in [2.45, 2.75) is 96.7 Å². The van der Waals surface area contributed by atoms with E-state index >= 15 is 0 Å². The first kappa shape index (κ1) is 30.9. The van der Waals surface area contributed by atoms with Crippen LogP contribution in [0.1, 0.15) is 78.6 Å². The lowest BCUT2D eigenvalue weighted by Gasteiger charge is -2.22. The van der Waals surface area contributed by atoms with Crippen molar-refractivity contribution in [3.63, 3.8) is 0 Å². The van der Waals surface area contributed by atoms with Gasteiger partial charge in [0, 0.05) is 38.9 Å². The standard InChI is InChI=1S/3C8H13NO3/c3*1-2-6(8(11)12)9-5-3-4-7(9)10/h3*6H,2-5H2,1H3,(H,11,12)/t2*6-;/m10./s1. The summed E-state index contributed by atoms with van der Waals surface area (Å²) in [6, 6.07) is -1.83. The van der Waals surface area contributed by atoms with Gasteiger partial charge in [-0.2, -0.15) is 0 Å². The van der Waals surface area contributed by atoms with Crippen LogP contribution < -0.4 is 0 Å². The SMILES string of the molecule is CCC(C(=O)O)N1CCCC1=O.CC[C@@H](C(=O)O)N1CCCC1=O.CC[C@H](C(=O)O)N1CCCC1=O. The molecule has 3 N–H and O–H groups in total. The van der Waals surface area contributed by atoms with E-state index in [4.69, 9.17) is 15.3 Å². The molecule has 204 valence electrons. The van der Waals surface area contributed by atoms with Crippen LogP contribution in [-0.4, -0.2) is 103 Å². The number of carboxylic acid groups (broad SMARTS) is 3. The molecule has 1 unspecified atom stereocenters. The number of carbonyl (C=O) groups excluding carboxylic acids is 3. The van der Waals surface area contributed by atoms with Crippen LogP contribution in [0.25, 0.3) is 0 Å². The largest absolute Gasteiger partial charge is 0.480 e. The van der Waals surface area contributed by atoms with Crippen molar-refractivity contribution < 1.29 is 44.1 Å². The second-order valence-electron chi connectivity index (χ2n) is 8.86. The van der Waals surface area contributed by atoms with E-state index < -0.39 is 36.0 Å². The van der Waals surface area contributed by atoms with Crippen LogP contribution in [0.2, 0.25) is 0 Å². The van der Waals surface area contributed by atoms with Gasteiger partial charge in [0.2, 0.25) is 17.7 Å². The summed E-state index contributed by atoms with van der Waals surface area (Å²) < 4.78 is 0. The minimum Gasteiger partial charge on any atom is -0.480 e. The number of carbonyl (C=O) groups is 6. The van der Waals surface area contributed by atoms with Gasteiger partial charge in [0.05, 0.1) is 0 Å². The molecule has 3 amide bonds. The molecule has 3 fully saturated rings. The zero-order chi connectivity index (χ0) is 27.4. The summed E-state index contributed by atoms with van der Waals surface area (Å²) in [5.41, 5.74) is 0. The molecule has 3 aliphatic rings. The van der Waals surface area contributed by atoms with Crippen molar-refractivity contribution in [1.29, 1.82) is 0 Å². The molecule has 0 saturated carbocycles.